The highest BCUT2D eigenvalue weighted by atomic mass is 16.5. The molecule has 0 saturated carbocycles. The Morgan fingerprint density at radius 1 is 1.62 bits per heavy atom. The van der Waals surface area contributed by atoms with Gasteiger partial charge in [-0.05, 0) is 24.6 Å². The first kappa shape index (κ1) is 11.9. The van der Waals surface area contributed by atoms with Gasteiger partial charge in [-0.25, -0.2) is 4.79 Å². The van der Waals surface area contributed by atoms with Crippen molar-refractivity contribution in [1.82, 2.24) is 0 Å². The molecule has 0 radical (unpaired) electrons. The van der Waals surface area contributed by atoms with E-state index in [0.29, 0.717) is 0 Å². The molecule has 0 saturated heterocycles. The second-order valence-electron chi connectivity index (χ2n) is 3.11. The van der Waals surface area contributed by atoms with Crippen molar-refractivity contribution in [3.05, 3.63) is 39.8 Å². The van der Waals surface area contributed by atoms with Crippen LogP contribution in [0.2, 0.25) is 0 Å². The summed E-state index contributed by atoms with van der Waals surface area (Å²) in [6, 6.07) is 4.88. The SMILES string of the molecule is Cc1ccc(OCCN=[N+]=[N-])c(C(=O)O)c1. The molecular weight excluding hydrogens is 210 g/mol. The van der Waals surface area contributed by atoms with E-state index in [-0.39, 0.29) is 24.5 Å². The van der Waals surface area contributed by atoms with Crippen molar-refractivity contribution in [1.29, 1.82) is 0 Å². The Balaban J connectivity index is 2.78. The maximum atomic E-state index is 10.9. The molecule has 0 aromatic heterocycles. The van der Waals surface area contributed by atoms with E-state index < -0.39 is 5.97 Å². The van der Waals surface area contributed by atoms with Gasteiger partial charge >= 0.3 is 5.97 Å². The first-order valence-corrected chi connectivity index (χ1v) is 4.62. The van der Waals surface area contributed by atoms with Gasteiger partial charge in [-0.15, -0.1) is 0 Å². The van der Waals surface area contributed by atoms with E-state index in [0.717, 1.165) is 5.56 Å². The molecule has 0 aliphatic heterocycles. The number of hydrogen-bond acceptors (Lipinski definition) is 3. The summed E-state index contributed by atoms with van der Waals surface area (Å²) in [6.45, 7) is 2.13. The molecule has 0 unspecified atom stereocenters. The van der Waals surface area contributed by atoms with Crippen molar-refractivity contribution >= 4 is 5.97 Å². The number of carboxylic acids is 1. The van der Waals surface area contributed by atoms with E-state index >= 15 is 0 Å². The van der Waals surface area contributed by atoms with Crippen LogP contribution >= 0.6 is 0 Å². The van der Waals surface area contributed by atoms with Crippen LogP contribution in [0.25, 0.3) is 10.4 Å². The summed E-state index contributed by atoms with van der Waals surface area (Å²) in [5.74, 6) is -0.756. The second-order valence-corrected chi connectivity index (χ2v) is 3.11. The highest BCUT2D eigenvalue weighted by Crippen LogP contribution is 2.19. The van der Waals surface area contributed by atoms with Crippen LogP contribution in [0.1, 0.15) is 15.9 Å². The van der Waals surface area contributed by atoms with Crippen LogP contribution in [0.4, 0.5) is 0 Å². The summed E-state index contributed by atoms with van der Waals surface area (Å²) in [7, 11) is 0. The zero-order valence-electron chi connectivity index (χ0n) is 8.75. The fourth-order valence-electron chi connectivity index (χ4n) is 1.18. The topological polar surface area (TPSA) is 95.3 Å². The van der Waals surface area contributed by atoms with Crippen molar-refractivity contribution in [2.24, 2.45) is 5.11 Å². The predicted octanol–water partition coefficient (Wildman–Crippen LogP) is 2.38. The lowest BCUT2D eigenvalue weighted by atomic mass is 10.1. The fourth-order valence-corrected chi connectivity index (χ4v) is 1.18. The lowest BCUT2D eigenvalue weighted by Gasteiger charge is -2.08. The van der Waals surface area contributed by atoms with Gasteiger partial charge in [-0.3, -0.25) is 0 Å². The van der Waals surface area contributed by atoms with Gasteiger partial charge in [0.25, 0.3) is 0 Å². The molecule has 84 valence electrons. The van der Waals surface area contributed by atoms with Crippen LogP contribution < -0.4 is 4.74 Å². The number of nitrogens with zero attached hydrogens (tertiary/aromatic N) is 3. The van der Waals surface area contributed by atoms with Crippen LogP contribution in [0, 0.1) is 6.92 Å². The van der Waals surface area contributed by atoms with E-state index in [1.807, 2.05) is 0 Å². The van der Waals surface area contributed by atoms with Gasteiger partial charge in [0.15, 0.2) is 0 Å². The molecule has 1 rings (SSSR count). The van der Waals surface area contributed by atoms with Crippen molar-refractivity contribution in [2.75, 3.05) is 13.2 Å². The van der Waals surface area contributed by atoms with Gasteiger partial charge in [-0.2, -0.15) is 0 Å². The highest BCUT2D eigenvalue weighted by Gasteiger charge is 2.10. The number of benzene rings is 1. The zero-order valence-corrected chi connectivity index (χ0v) is 8.75. The summed E-state index contributed by atoms with van der Waals surface area (Å²) in [4.78, 5) is 13.5. The van der Waals surface area contributed by atoms with Gasteiger partial charge in [0.2, 0.25) is 0 Å². The maximum absolute atomic E-state index is 10.9. The molecule has 0 spiro atoms. The third kappa shape index (κ3) is 3.18. The Morgan fingerprint density at radius 2 is 2.38 bits per heavy atom. The number of hydrogen-bond donors (Lipinski definition) is 1. The average Bonchev–Trinajstić information content (AvgIpc) is 2.26. The molecular formula is C10H11N3O3. The Hall–Kier alpha value is -2.20. The molecule has 1 N–H and O–H groups in total. The number of ether oxygens (including phenoxy) is 1. The molecule has 6 nitrogen and oxygen atoms in total. The van der Waals surface area contributed by atoms with E-state index in [2.05, 4.69) is 10.0 Å². The number of carboxylic acid groups (broad SMARTS) is 1. The van der Waals surface area contributed by atoms with Crippen LogP contribution in [-0.2, 0) is 0 Å². The number of azide groups is 1. The number of carbonyl (C=O) groups is 1. The number of aromatic carboxylic acids is 1. The summed E-state index contributed by atoms with van der Waals surface area (Å²) >= 11 is 0. The minimum absolute atomic E-state index is 0.112. The van der Waals surface area contributed by atoms with E-state index in [9.17, 15) is 4.79 Å². The molecule has 0 atom stereocenters. The Bertz CT molecular complexity index is 439. The Morgan fingerprint density at radius 3 is 3.00 bits per heavy atom. The second kappa shape index (κ2) is 5.63. The lowest BCUT2D eigenvalue weighted by Crippen LogP contribution is -2.06. The molecule has 16 heavy (non-hydrogen) atoms. The highest BCUT2D eigenvalue weighted by molar-refractivity contribution is 5.91. The molecule has 0 aliphatic carbocycles. The molecule has 0 heterocycles. The van der Waals surface area contributed by atoms with Crippen molar-refractivity contribution in [2.45, 2.75) is 6.92 Å². The molecule has 0 aliphatic rings. The van der Waals surface area contributed by atoms with E-state index in [4.69, 9.17) is 15.4 Å². The van der Waals surface area contributed by atoms with Gasteiger partial charge in [-0.1, -0.05) is 16.7 Å². The van der Waals surface area contributed by atoms with E-state index in [1.165, 1.54) is 6.07 Å². The largest absolute Gasteiger partial charge is 0.493 e. The molecule has 1 aromatic rings. The summed E-state index contributed by atoms with van der Waals surface area (Å²) < 4.78 is 5.21. The van der Waals surface area contributed by atoms with Crippen molar-refractivity contribution in [3.8, 4) is 5.75 Å². The normalized spacial score (nSPS) is 9.31. The molecule has 0 amide bonds. The summed E-state index contributed by atoms with van der Waals surface area (Å²) in [6.07, 6.45) is 0. The van der Waals surface area contributed by atoms with Gasteiger partial charge in [0, 0.05) is 4.91 Å². The average molecular weight is 221 g/mol. The number of rotatable bonds is 5. The third-order valence-corrected chi connectivity index (χ3v) is 1.88. The molecule has 0 fully saturated rings. The minimum atomic E-state index is -1.04. The fraction of sp³-hybridized carbons (Fsp3) is 0.300. The monoisotopic (exact) mass is 221 g/mol. The first-order valence-electron chi connectivity index (χ1n) is 4.62. The van der Waals surface area contributed by atoms with Gasteiger partial charge in [0.05, 0.1) is 13.2 Å². The minimum Gasteiger partial charge on any atom is -0.493 e. The Labute approximate surface area is 92.1 Å². The van der Waals surface area contributed by atoms with Crippen LogP contribution in [0.15, 0.2) is 23.3 Å². The molecule has 6 heteroatoms. The smallest absolute Gasteiger partial charge is 0.339 e. The Kier molecular flexibility index (Phi) is 4.17. The van der Waals surface area contributed by atoms with Gasteiger partial charge in [0.1, 0.15) is 11.3 Å². The zero-order chi connectivity index (χ0) is 12.0. The number of aryl methyl sites for hydroxylation is 1. The maximum Gasteiger partial charge on any atom is 0.339 e. The summed E-state index contributed by atoms with van der Waals surface area (Å²) in [5.41, 5.74) is 9.01. The third-order valence-electron chi connectivity index (χ3n) is 1.88. The van der Waals surface area contributed by atoms with Gasteiger partial charge < -0.3 is 9.84 Å². The van der Waals surface area contributed by atoms with E-state index in [1.54, 1.807) is 19.1 Å². The van der Waals surface area contributed by atoms with Crippen LogP contribution in [0.5, 0.6) is 5.75 Å². The van der Waals surface area contributed by atoms with Crippen molar-refractivity contribution < 1.29 is 14.6 Å². The quantitative estimate of drug-likeness (QED) is 0.358. The molecule has 1 aromatic carbocycles. The van der Waals surface area contributed by atoms with Crippen molar-refractivity contribution in [3.63, 3.8) is 0 Å². The lowest BCUT2D eigenvalue weighted by molar-refractivity contribution is 0.0692. The standard InChI is InChI=1S/C10H11N3O3/c1-7-2-3-9(8(6-7)10(14)15)16-5-4-12-13-11/h2-3,6H,4-5H2,1H3,(H,14,15). The van der Waals surface area contributed by atoms with Crippen LogP contribution in [-0.4, -0.2) is 24.2 Å². The molecule has 0 bridgehead atoms. The summed E-state index contributed by atoms with van der Waals surface area (Å²) in [5, 5.41) is 12.2. The first-order chi connectivity index (χ1) is 7.65. The predicted molar refractivity (Wildman–Crippen MR) is 57.6 cm³/mol. The van der Waals surface area contributed by atoms with Crippen LogP contribution in [0.3, 0.4) is 0 Å².